The second-order valence-electron chi connectivity index (χ2n) is 4.42. The van der Waals surface area contributed by atoms with Crippen LogP contribution < -0.4 is 10.6 Å². The third kappa shape index (κ3) is 2.07. The lowest BCUT2D eigenvalue weighted by Gasteiger charge is -2.41. The van der Waals surface area contributed by atoms with Crippen LogP contribution in [0.4, 0.5) is 4.39 Å². The van der Waals surface area contributed by atoms with Crippen LogP contribution in [-0.2, 0) is 0 Å². The topological polar surface area (TPSA) is 27.3 Å². The van der Waals surface area contributed by atoms with E-state index in [0.717, 1.165) is 32.6 Å². The standard InChI is InChI=1S/C10H20FN3/c1-14-5-4-13-7-10(14)8-2-3-12-6-9(8)11/h8-10,12-13H,2-7H2,1H3. The first-order chi connectivity index (χ1) is 6.79. The van der Waals surface area contributed by atoms with Crippen molar-refractivity contribution in [2.75, 3.05) is 39.8 Å². The Bertz CT molecular complexity index is 168. The van der Waals surface area contributed by atoms with Crippen LogP contribution in [0.1, 0.15) is 6.42 Å². The summed E-state index contributed by atoms with van der Waals surface area (Å²) < 4.78 is 13.7. The fraction of sp³-hybridized carbons (Fsp3) is 1.00. The molecule has 82 valence electrons. The second-order valence-corrected chi connectivity index (χ2v) is 4.42. The molecule has 0 aromatic carbocycles. The van der Waals surface area contributed by atoms with Crippen molar-refractivity contribution in [3.8, 4) is 0 Å². The molecule has 3 atom stereocenters. The van der Waals surface area contributed by atoms with Gasteiger partial charge in [-0.25, -0.2) is 4.39 Å². The van der Waals surface area contributed by atoms with Crippen molar-refractivity contribution in [2.45, 2.75) is 18.6 Å². The summed E-state index contributed by atoms with van der Waals surface area (Å²) in [7, 11) is 2.11. The van der Waals surface area contributed by atoms with Crippen LogP contribution in [0.5, 0.6) is 0 Å². The maximum absolute atomic E-state index is 13.7. The number of hydrogen-bond acceptors (Lipinski definition) is 3. The number of rotatable bonds is 1. The minimum atomic E-state index is -0.670. The molecule has 2 fully saturated rings. The van der Waals surface area contributed by atoms with E-state index in [0.29, 0.717) is 12.6 Å². The van der Waals surface area contributed by atoms with Crippen LogP contribution in [0.2, 0.25) is 0 Å². The average molecular weight is 201 g/mol. The number of piperidine rings is 1. The first-order valence-corrected chi connectivity index (χ1v) is 5.55. The molecule has 0 saturated carbocycles. The first kappa shape index (κ1) is 10.3. The van der Waals surface area contributed by atoms with Gasteiger partial charge in [0.15, 0.2) is 0 Å². The van der Waals surface area contributed by atoms with Crippen molar-refractivity contribution in [1.82, 2.24) is 15.5 Å². The van der Waals surface area contributed by atoms with E-state index in [4.69, 9.17) is 0 Å². The Kier molecular flexibility index (Phi) is 3.36. The van der Waals surface area contributed by atoms with E-state index in [2.05, 4.69) is 22.6 Å². The predicted molar refractivity (Wildman–Crippen MR) is 55.2 cm³/mol. The SMILES string of the molecule is CN1CCNCC1C1CCNCC1F. The zero-order chi connectivity index (χ0) is 9.97. The Morgan fingerprint density at radius 2 is 2.00 bits per heavy atom. The maximum Gasteiger partial charge on any atom is 0.117 e. The Morgan fingerprint density at radius 1 is 1.21 bits per heavy atom. The highest BCUT2D eigenvalue weighted by molar-refractivity contribution is 4.90. The summed E-state index contributed by atoms with van der Waals surface area (Å²) in [6.45, 7) is 4.53. The van der Waals surface area contributed by atoms with Gasteiger partial charge in [0, 0.05) is 38.1 Å². The van der Waals surface area contributed by atoms with E-state index in [9.17, 15) is 4.39 Å². The minimum Gasteiger partial charge on any atom is -0.314 e. The number of halogens is 1. The van der Waals surface area contributed by atoms with Gasteiger partial charge in [0.05, 0.1) is 0 Å². The predicted octanol–water partition coefficient (Wildman–Crippen LogP) is -0.162. The molecule has 2 saturated heterocycles. The largest absolute Gasteiger partial charge is 0.314 e. The summed E-state index contributed by atoms with van der Waals surface area (Å²) in [5.41, 5.74) is 0. The Balaban J connectivity index is 1.96. The molecule has 0 aliphatic carbocycles. The van der Waals surface area contributed by atoms with E-state index < -0.39 is 6.17 Å². The number of alkyl halides is 1. The summed E-state index contributed by atoms with van der Waals surface area (Å²) in [5, 5.41) is 6.46. The molecule has 0 amide bonds. The van der Waals surface area contributed by atoms with E-state index in [1.54, 1.807) is 0 Å². The van der Waals surface area contributed by atoms with Gasteiger partial charge in [-0.3, -0.25) is 0 Å². The minimum absolute atomic E-state index is 0.217. The van der Waals surface area contributed by atoms with Crippen LogP contribution in [0.25, 0.3) is 0 Å². The Hall–Kier alpha value is -0.190. The third-order valence-electron chi connectivity index (χ3n) is 3.51. The van der Waals surface area contributed by atoms with Gasteiger partial charge in [0.25, 0.3) is 0 Å². The van der Waals surface area contributed by atoms with Crippen molar-refractivity contribution in [3.05, 3.63) is 0 Å². The zero-order valence-electron chi connectivity index (χ0n) is 8.80. The number of hydrogen-bond donors (Lipinski definition) is 2. The normalized spacial score (nSPS) is 41.1. The van der Waals surface area contributed by atoms with E-state index in [1.807, 2.05) is 0 Å². The van der Waals surface area contributed by atoms with Gasteiger partial charge in [-0.2, -0.15) is 0 Å². The van der Waals surface area contributed by atoms with Crippen molar-refractivity contribution in [2.24, 2.45) is 5.92 Å². The highest BCUT2D eigenvalue weighted by atomic mass is 19.1. The third-order valence-corrected chi connectivity index (χ3v) is 3.51. The highest BCUT2D eigenvalue weighted by Gasteiger charge is 2.34. The van der Waals surface area contributed by atoms with E-state index >= 15 is 0 Å². The first-order valence-electron chi connectivity index (χ1n) is 5.55. The summed E-state index contributed by atoms with van der Waals surface area (Å²) in [6, 6.07) is 0.390. The van der Waals surface area contributed by atoms with Gasteiger partial charge in [-0.15, -0.1) is 0 Å². The molecule has 4 heteroatoms. The molecule has 0 aromatic rings. The number of nitrogens with one attached hydrogen (secondary N) is 2. The lowest BCUT2D eigenvalue weighted by molar-refractivity contribution is 0.0654. The van der Waals surface area contributed by atoms with E-state index in [-0.39, 0.29) is 5.92 Å². The van der Waals surface area contributed by atoms with Gasteiger partial charge >= 0.3 is 0 Å². The Labute approximate surface area is 85.0 Å². The van der Waals surface area contributed by atoms with Crippen LogP contribution >= 0.6 is 0 Å². The van der Waals surface area contributed by atoms with Gasteiger partial charge < -0.3 is 15.5 Å². The molecule has 0 spiro atoms. The molecule has 14 heavy (non-hydrogen) atoms. The summed E-state index contributed by atoms with van der Waals surface area (Å²) in [5.74, 6) is 0.217. The highest BCUT2D eigenvalue weighted by Crippen LogP contribution is 2.23. The maximum atomic E-state index is 13.7. The second kappa shape index (κ2) is 4.55. The molecule has 0 bridgehead atoms. The molecule has 0 radical (unpaired) electrons. The molecule has 2 aliphatic rings. The van der Waals surface area contributed by atoms with E-state index in [1.165, 1.54) is 0 Å². The fourth-order valence-corrected chi connectivity index (χ4v) is 2.58. The molecular weight excluding hydrogens is 181 g/mol. The number of nitrogens with zero attached hydrogens (tertiary/aromatic N) is 1. The van der Waals surface area contributed by atoms with Crippen LogP contribution in [0.3, 0.4) is 0 Å². The van der Waals surface area contributed by atoms with Gasteiger partial charge in [0.1, 0.15) is 6.17 Å². The van der Waals surface area contributed by atoms with Crippen molar-refractivity contribution < 1.29 is 4.39 Å². The quantitative estimate of drug-likeness (QED) is 0.617. The van der Waals surface area contributed by atoms with Crippen molar-refractivity contribution >= 4 is 0 Å². The molecule has 0 aromatic heterocycles. The van der Waals surface area contributed by atoms with Crippen molar-refractivity contribution in [3.63, 3.8) is 0 Å². The zero-order valence-corrected chi connectivity index (χ0v) is 8.80. The summed E-state index contributed by atoms with van der Waals surface area (Å²) in [4.78, 5) is 2.30. The van der Waals surface area contributed by atoms with Gasteiger partial charge in [0.2, 0.25) is 0 Å². The molecule has 2 aliphatic heterocycles. The number of piperazine rings is 1. The van der Waals surface area contributed by atoms with Gasteiger partial charge in [-0.1, -0.05) is 0 Å². The average Bonchev–Trinajstić information content (AvgIpc) is 2.20. The van der Waals surface area contributed by atoms with Crippen LogP contribution in [0, 0.1) is 5.92 Å². The Morgan fingerprint density at radius 3 is 2.71 bits per heavy atom. The van der Waals surface area contributed by atoms with Crippen LogP contribution in [-0.4, -0.2) is 56.9 Å². The molecule has 2 heterocycles. The van der Waals surface area contributed by atoms with Crippen molar-refractivity contribution in [1.29, 1.82) is 0 Å². The molecule has 2 rings (SSSR count). The monoisotopic (exact) mass is 201 g/mol. The lowest BCUT2D eigenvalue weighted by Crippen LogP contribution is -2.57. The van der Waals surface area contributed by atoms with Crippen LogP contribution in [0.15, 0.2) is 0 Å². The molecule has 2 N–H and O–H groups in total. The fourth-order valence-electron chi connectivity index (χ4n) is 2.58. The number of likely N-dealkylation sites (N-methyl/N-ethyl adjacent to an activating group) is 1. The van der Waals surface area contributed by atoms with Gasteiger partial charge in [-0.05, 0) is 20.0 Å². The summed E-state index contributed by atoms with van der Waals surface area (Å²) >= 11 is 0. The molecule has 3 unspecified atom stereocenters. The molecular formula is C10H20FN3. The summed E-state index contributed by atoms with van der Waals surface area (Å²) in [6.07, 6.45) is 0.300. The smallest absolute Gasteiger partial charge is 0.117 e. The molecule has 3 nitrogen and oxygen atoms in total. The lowest BCUT2D eigenvalue weighted by atomic mass is 9.87.